The minimum Gasteiger partial charge on any atom is -0.452 e. The first-order valence-corrected chi connectivity index (χ1v) is 11.2. The molecular formula is C23H23NO5S. The summed E-state index contributed by atoms with van der Waals surface area (Å²) in [5.74, 6) is -1.46. The summed E-state index contributed by atoms with van der Waals surface area (Å²) in [7, 11) is -3.59. The number of esters is 1. The van der Waals surface area contributed by atoms with Crippen LogP contribution in [0.25, 0.3) is 10.8 Å². The normalized spacial score (nSPS) is 12.3. The predicted molar refractivity (Wildman–Crippen MR) is 115 cm³/mol. The fourth-order valence-electron chi connectivity index (χ4n) is 3.26. The van der Waals surface area contributed by atoms with Gasteiger partial charge in [-0.3, -0.25) is 4.79 Å². The first kappa shape index (κ1) is 21.5. The molecule has 6 nitrogen and oxygen atoms in total. The van der Waals surface area contributed by atoms with Crippen molar-refractivity contribution >= 4 is 32.5 Å². The lowest BCUT2D eigenvalue weighted by Crippen LogP contribution is -2.31. The van der Waals surface area contributed by atoms with E-state index in [9.17, 15) is 18.0 Å². The lowest BCUT2D eigenvalue weighted by molar-refractivity contribution is -0.124. The van der Waals surface area contributed by atoms with Crippen LogP contribution in [0.1, 0.15) is 35.8 Å². The molecule has 0 saturated heterocycles. The molecule has 0 aliphatic rings. The maximum atomic E-state index is 12.4. The van der Waals surface area contributed by atoms with Crippen LogP contribution in [0.4, 0.5) is 0 Å². The highest BCUT2D eigenvalue weighted by atomic mass is 32.2. The second kappa shape index (κ2) is 9.09. The number of hydrogen-bond acceptors (Lipinski definition) is 5. The standard InChI is InChI=1S/C23H23NO5S/c1-3-30(27,28)21-14-7-6-12-20(21)23(26)29-15-22(25)24-16(2)18-13-8-10-17-9-4-5-11-19(17)18/h4-14,16H,3,15H2,1-2H3,(H,24,25). The SMILES string of the molecule is CCS(=O)(=O)c1ccccc1C(=O)OCC(=O)NC(C)c1cccc2ccccc12. The number of hydrogen-bond donors (Lipinski definition) is 1. The first-order valence-electron chi connectivity index (χ1n) is 9.59. The molecule has 1 atom stereocenters. The molecule has 1 amide bonds. The van der Waals surface area contributed by atoms with Crippen molar-refractivity contribution in [3.8, 4) is 0 Å². The summed E-state index contributed by atoms with van der Waals surface area (Å²) >= 11 is 0. The van der Waals surface area contributed by atoms with E-state index in [1.807, 2.05) is 49.4 Å². The second-order valence-corrected chi connectivity index (χ2v) is 9.08. The maximum Gasteiger partial charge on any atom is 0.339 e. The van der Waals surface area contributed by atoms with E-state index in [-0.39, 0.29) is 22.3 Å². The molecule has 0 aliphatic carbocycles. The van der Waals surface area contributed by atoms with Crippen LogP contribution in [0.2, 0.25) is 0 Å². The highest BCUT2D eigenvalue weighted by Gasteiger charge is 2.22. The van der Waals surface area contributed by atoms with Gasteiger partial charge in [-0.2, -0.15) is 0 Å². The molecule has 0 fully saturated rings. The number of rotatable bonds is 7. The number of ether oxygens (including phenoxy) is 1. The largest absolute Gasteiger partial charge is 0.452 e. The van der Waals surface area contributed by atoms with Gasteiger partial charge in [0, 0.05) is 0 Å². The van der Waals surface area contributed by atoms with Gasteiger partial charge in [-0.15, -0.1) is 0 Å². The molecule has 156 valence electrons. The molecule has 0 radical (unpaired) electrons. The minimum absolute atomic E-state index is 0.0748. The summed E-state index contributed by atoms with van der Waals surface area (Å²) in [5.41, 5.74) is 0.876. The molecule has 1 unspecified atom stereocenters. The molecule has 0 heterocycles. The fourth-order valence-corrected chi connectivity index (χ4v) is 4.34. The van der Waals surface area contributed by atoms with E-state index in [0.717, 1.165) is 16.3 Å². The molecule has 0 bridgehead atoms. The number of nitrogens with one attached hydrogen (secondary N) is 1. The van der Waals surface area contributed by atoms with E-state index in [2.05, 4.69) is 5.32 Å². The van der Waals surface area contributed by atoms with Gasteiger partial charge in [0.2, 0.25) is 0 Å². The van der Waals surface area contributed by atoms with Gasteiger partial charge in [0.05, 0.1) is 22.3 Å². The van der Waals surface area contributed by atoms with Crippen LogP contribution in [0.5, 0.6) is 0 Å². The smallest absolute Gasteiger partial charge is 0.339 e. The number of sulfone groups is 1. The van der Waals surface area contributed by atoms with Crippen molar-refractivity contribution in [2.75, 3.05) is 12.4 Å². The van der Waals surface area contributed by atoms with Gasteiger partial charge < -0.3 is 10.1 Å². The Hall–Kier alpha value is -3.19. The molecule has 0 aliphatic heterocycles. The maximum absolute atomic E-state index is 12.4. The van der Waals surface area contributed by atoms with Gasteiger partial charge in [0.25, 0.3) is 5.91 Å². The van der Waals surface area contributed by atoms with Gasteiger partial charge in [0.1, 0.15) is 0 Å². The lowest BCUT2D eigenvalue weighted by Gasteiger charge is -2.17. The highest BCUT2D eigenvalue weighted by Crippen LogP contribution is 2.24. The van der Waals surface area contributed by atoms with Crippen LogP contribution >= 0.6 is 0 Å². The van der Waals surface area contributed by atoms with Crippen LogP contribution in [0.3, 0.4) is 0 Å². The minimum atomic E-state index is -3.59. The van der Waals surface area contributed by atoms with Crippen LogP contribution in [0, 0.1) is 0 Å². The third-order valence-corrected chi connectivity index (χ3v) is 6.61. The van der Waals surface area contributed by atoms with Gasteiger partial charge in [-0.1, -0.05) is 61.5 Å². The summed E-state index contributed by atoms with van der Waals surface area (Å²) < 4.78 is 29.5. The van der Waals surface area contributed by atoms with E-state index < -0.39 is 28.3 Å². The Morgan fingerprint density at radius 2 is 1.63 bits per heavy atom. The molecular weight excluding hydrogens is 402 g/mol. The molecule has 0 spiro atoms. The molecule has 3 rings (SSSR count). The molecule has 3 aromatic carbocycles. The van der Waals surface area contributed by atoms with E-state index in [4.69, 9.17) is 4.74 Å². The molecule has 3 aromatic rings. The van der Waals surface area contributed by atoms with Crippen molar-refractivity contribution in [2.45, 2.75) is 24.8 Å². The van der Waals surface area contributed by atoms with Crippen molar-refractivity contribution in [1.29, 1.82) is 0 Å². The first-order chi connectivity index (χ1) is 14.3. The average molecular weight is 426 g/mol. The van der Waals surface area contributed by atoms with Gasteiger partial charge in [0.15, 0.2) is 16.4 Å². The van der Waals surface area contributed by atoms with E-state index in [0.29, 0.717) is 0 Å². The van der Waals surface area contributed by atoms with Crippen LogP contribution < -0.4 is 5.32 Å². The Morgan fingerprint density at radius 3 is 2.40 bits per heavy atom. The molecule has 30 heavy (non-hydrogen) atoms. The zero-order valence-electron chi connectivity index (χ0n) is 16.8. The van der Waals surface area contributed by atoms with Crippen LogP contribution in [-0.4, -0.2) is 32.7 Å². The molecule has 7 heteroatoms. The Bertz CT molecular complexity index is 1180. The molecule has 0 aromatic heterocycles. The van der Waals surface area contributed by atoms with Gasteiger partial charge >= 0.3 is 5.97 Å². The van der Waals surface area contributed by atoms with Crippen LogP contribution in [0.15, 0.2) is 71.6 Å². The third-order valence-electron chi connectivity index (χ3n) is 4.82. The Labute approximate surface area is 175 Å². The number of carbonyl (C=O) groups excluding carboxylic acids is 2. The third kappa shape index (κ3) is 4.68. The summed E-state index contributed by atoms with van der Waals surface area (Å²) in [6.45, 7) is 2.85. The number of fused-ring (bicyclic) bond motifs is 1. The Balaban J connectivity index is 1.67. The van der Waals surface area contributed by atoms with E-state index in [1.165, 1.54) is 25.1 Å². The van der Waals surface area contributed by atoms with Crippen molar-refractivity contribution in [3.05, 3.63) is 77.9 Å². The summed E-state index contributed by atoms with van der Waals surface area (Å²) in [6.07, 6.45) is 0. The van der Waals surface area contributed by atoms with Crippen molar-refractivity contribution in [3.63, 3.8) is 0 Å². The van der Waals surface area contributed by atoms with Crippen molar-refractivity contribution in [2.24, 2.45) is 0 Å². The topological polar surface area (TPSA) is 89.5 Å². The van der Waals surface area contributed by atoms with Gasteiger partial charge in [-0.05, 0) is 35.4 Å². The second-order valence-electron chi connectivity index (χ2n) is 6.83. The number of amides is 1. The average Bonchev–Trinajstić information content (AvgIpc) is 2.77. The molecule has 0 saturated carbocycles. The lowest BCUT2D eigenvalue weighted by atomic mass is 10.00. The zero-order valence-corrected chi connectivity index (χ0v) is 17.6. The quantitative estimate of drug-likeness (QED) is 0.584. The Kier molecular flexibility index (Phi) is 6.52. The van der Waals surface area contributed by atoms with Gasteiger partial charge in [-0.25, -0.2) is 13.2 Å². The van der Waals surface area contributed by atoms with E-state index in [1.54, 1.807) is 6.07 Å². The molecule has 1 N–H and O–H groups in total. The monoisotopic (exact) mass is 425 g/mol. The number of benzene rings is 3. The summed E-state index contributed by atoms with van der Waals surface area (Å²) in [6, 6.07) is 19.2. The fraction of sp³-hybridized carbons (Fsp3) is 0.217. The predicted octanol–water partition coefficient (Wildman–Crippen LogP) is 3.67. The van der Waals surface area contributed by atoms with E-state index >= 15 is 0 Å². The number of carbonyl (C=O) groups is 2. The zero-order chi connectivity index (χ0) is 21.7. The summed E-state index contributed by atoms with van der Waals surface area (Å²) in [5, 5.41) is 4.91. The Morgan fingerprint density at radius 1 is 0.967 bits per heavy atom. The highest BCUT2D eigenvalue weighted by molar-refractivity contribution is 7.91. The summed E-state index contributed by atoms with van der Waals surface area (Å²) in [4.78, 5) is 24.6. The van der Waals surface area contributed by atoms with Crippen LogP contribution in [-0.2, 0) is 19.4 Å². The van der Waals surface area contributed by atoms with Crippen molar-refractivity contribution in [1.82, 2.24) is 5.32 Å². The van der Waals surface area contributed by atoms with Crippen molar-refractivity contribution < 1.29 is 22.7 Å².